The number of hydrogen-bond acceptors (Lipinski definition) is 3. The Morgan fingerprint density at radius 3 is 3.05 bits per heavy atom. The lowest BCUT2D eigenvalue weighted by Crippen LogP contribution is -2.25. The van der Waals surface area contributed by atoms with Crippen molar-refractivity contribution in [1.82, 2.24) is 0 Å². The largest absolute Gasteiger partial charge is 0.321 e. The number of rotatable bonds is 2. The number of benzene rings is 1. The zero-order chi connectivity index (χ0) is 13.2. The van der Waals surface area contributed by atoms with Crippen LogP contribution in [0.4, 0.5) is 5.69 Å². The van der Waals surface area contributed by atoms with Gasteiger partial charge in [-0.3, -0.25) is 4.79 Å². The zero-order valence-electron chi connectivity index (χ0n) is 9.93. The molecule has 1 aliphatic heterocycles. The van der Waals surface area contributed by atoms with Crippen LogP contribution in [-0.2, 0) is 4.79 Å². The molecule has 5 heteroatoms. The van der Waals surface area contributed by atoms with Gasteiger partial charge in [0.15, 0.2) is 5.71 Å². The minimum Gasteiger partial charge on any atom is -0.321 e. The summed E-state index contributed by atoms with van der Waals surface area (Å²) in [6, 6.07) is 6.99. The van der Waals surface area contributed by atoms with Gasteiger partial charge in [-0.2, -0.15) is 5.10 Å². The first-order valence-electron chi connectivity index (χ1n) is 5.83. The second-order valence-corrected chi connectivity index (χ2v) is 4.61. The summed E-state index contributed by atoms with van der Waals surface area (Å²) in [7, 11) is 0. The molecule has 94 valence electrons. The van der Waals surface area contributed by atoms with Crippen molar-refractivity contribution in [3.63, 3.8) is 0 Å². The highest BCUT2D eigenvalue weighted by Crippen LogP contribution is 2.20. The molecule has 2 aliphatic rings. The monoisotopic (exact) mass is 271 g/mol. The van der Waals surface area contributed by atoms with Crippen LogP contribution in [0, 0.1) is 0 Å². The molecule has 0 fully saturated rings. The predicted octanol–water partition coefficient (Wildman–Crippen LogP) is 2.98. The molecular weight excluding hydrogens is 262 g/mol. The molecular formula is C14H10ClN3O. The van der Waals surface area contributed by atoms with Crippen LogP contribution < -0.4 is 5.32 Å². The van der Waals surface area contributed by atoms with E-state index in [9.17, 15) is 4.79 Å². The lowest BCUT2D eigenvalue weighted by molar-refractivity contribution is -0.110. The molecule has 1 N–H and O–H groups in total. The normalized spacial score (nSPS) is 16.4. The summed E-state index contributed by atoms with van der Waals surface area (Å²) in [5, 5.41) is 11.3. The van der Waals surface area contributed by atoms with Crippen LogP contribution in [-0.4, -0.2) is 17.3 Å². The van der Waals surface area contributed by atoms with Crippen LogP contribution in [0.5, 0.6) is 0 Å². The number of nitrogens with one attached hydrogen (secondary N) is 1. The summed E-state index contributed by atoms with van der Waals surface area (Å²) in [6.45, 7) is 0. The number of amides is 1. The van der Waals surface area contributed by atoms with E-state index in [1.165, 1.54) is 0 Å². The summed E-state index contributed by atoms with van der Waals surface area (Å²) in [4.78, 5) is 12.2. The first-order chi connectivity index (χ1) is 9.24. The van der Waals surface area contributed by atoms with Gasteiger partial charge >= 0.3 is 0 Å². The Labute approximate surface area is 115 Å². The Bertz CT molecular complexity index is 671. The Kier molecular flexibility index (Phi) is 3.01. The zero-order valence-corrected chi connectivity index (χ0v) is 10.7. The highest BCUT2D eigenvalue weighted by Gasteiger charge is 2.26. The molecule has 1 aliphatic carbocycles. The number of carbonyl (C=O) groups is 1. The van der Waals surface area contributed by atoms with Gasteiger partial charge in [-0.15, -0.1) is 5.10 Å². The highest BCUT2D eigenvalue weighted by atomic mass is 35.5. The average molecular weight is 272 g/mol. The van der Waals surface area contributed by atoms with Gasteiger partial charge in [0.05, 0.1) is 5.71 Å². The topological polar surface area (TPSA) is 53.8 Å². The number of allylic oxidation sites excluding steroid dienone is 3. The molecule has 0 unspecified atom stereocenters. The fourth-order valence-electron chi connectivity index (χ4n) is 1.95. The van der Waals surface area contributed by atoms with Gasteiger partial charge in [0, 0.05) is 22.7 Å². The molecule has 0 spiro atoms. The fraction of sp³-hybridized carbons (Fsp3) is 0.0714. The van der Waals surface area contributed by atoms with Gasteiger partial charge in [-0.05, 0) is 18.2 Å². The second-order valence-electron chi connectivity index (χ2n) is 4.17. The number of carbonyl (C=O) groups excluding carboxylic acids is 1. The van der Waals surface area contributed by atoms with Gasteiger partial charge in [-0.1, -0.05) is 35.9 Å². The third kappa shape index (κ3) is 2.35. The van der Waals surface area contributed by atoms with Gasteiger partial charge in [-0.25, -0.2) is 0 Å². The van der Waals surface area contributed by atoms with E-state index in [4.69, 9.17) is 11.6 Å². The number of anilines is 1. The van der Waals surface area contributed by atoms with Crippen LogP contribution >= 0.6 is 11.6 Å². The van der Waals surface area contributed by atoms with Crippen molar-refractivity contribution in [3.8, 4) is 0 Å². The Morgan fingerprint density at radius 2 is 2.21 bits per heavy atom. The lowest BCUT2D eigenvalue weighted by Gasteiger charge is -2.08. The third-order valence-electron chi connectivity index (χ3n) is 2.84. The Morgan fingerprint density at radius 1 is 1.32 bits per heavy atom. The van der Waals surface area contributed by atoms with E-state index >= 15 is 0 Å². The summed E-state index contributed by atoms with van der Waals surface area (Å²) in [6.07, 6.45) is 6.45. The minimum absolute atomic E-state index is 0.275. The van der Waals surface area contributed by atoms with E-state index in [2.05, 4.69) is 15.5 Å². The maximum Gasteiger partial charge on any atom is 0.276 e. The molecule has 0 atom stereocenters. The predicted molar refractivity (Wildman–Crippen MR) is 76.8 cm³/mol. The van der Waals surface area contributed by atoms with Gasteiger partial charge in [0.1, 0.15) is 0 Å². The summed E-state index contributed by atoms with van der Waals surface area (Å²) < 4.78 is 0. The van der Waals surface area contributed by atoms with Gasteiger partial charge < -0.3 is 5.32 Å². The Balaban J connectivity index is 1.79. The SMILES string of the molecule is O=C(Nc1cccc(Cl)c1)C1=NN=C2CC=CC=C21. The first kappa shape index (κ1) is 11.9. The average Bonchev–Trinajstić information content (AvgIpc) is 2.82. The molecule has 1 amide bonds. The first-order valence-corrected chi connectivity index (χ1v) is 6.21. The van der Waals surface area contributed by atoms with Crippen molar-refractivity contribution in [2.75, 3.05) is 5.32 Å². The van der Waals surface area contributed by atoms with Crippen molar-refractivity contribution in [3.05, 3.63) is 53.1 Å². The van der Waals surface area contributed by atoms with Gasteiger partial charge in [0.2, 0.25) is 0 Å². The molecule has 1 heterocycles. The summed E-state index contributed by atoms with van der Waals surface area (Å²) in [5.74, 6) is -0.275. The maximum atomic E-state index is 12.2. The number of fused-ring (bicyclic) bond motifs is 1. The minimum atomic E-state index is -0.275. The molecule has 0 saturated carbocycles. The van der Waals surface area contributed by atoms with E-state index < -0.39 is 0 Å². The van der Waals surface area contributed by atoms with Crippen molar-refractivity contribution < 1.29 is 4.79 Å². The van der Waals surface area contributed by atoms with Crippen LogP contribution in [0.2, 0.25) is 5.02 Å². The van der Waals surface area contributed by atoms with E-state index in [0.717, 1.165) is 11.3 Å². The molecule has 3 rings (SSSR count). The molecule has 0 saturated heterocycles. The van der Waals surface area contributed by atoms with Crippen LogP contribution in [0.1, 0.15) is 6.42 Å². The van der Waals surface area contributed by atoms with Crippen LogP contribution in [0.15, 0.2) is 58.3 Å². The maximum absolute atomic E-state index is 12.2. The molecule has 0 radical (unpaired) electrons. The molecule has 0 aromatic heterocycles. The van der Waals surface area contributed by atoms with E-state index in [0.29, 0.717) is 22.8 Å². The Hall–Kier alpha value is -2.20. The number of hydrogen-bond donors (Lipinski definition) is 1. The number of halogens is 1. The molecule has 4 nitrogen and oxygen atoms in total. The second kappa shape index (κ2) is 4.82. The fourth-order valence-corrected chi connectivity index (χ4v) is 2.14. The summed E-state index contributed by atoms with van der Waals surface area (Å²) in [5.41, 5.74) is 2.61. The smallest absolute Gasteiger partial charge is 0.276 e. The van der Waals surface area contributed by atoms with Crippen molar-refractivity contribution in [1.29, 1.82) is 0 Å². The quantitative estimate of drug-likeness (QED) is 0.883. The highest BCUT2D eigenvalue weighted by molar-refractivity contribution is 6.56. The summed E-state index contributed by atoms with van der Waals surface area (Å²) >= 11 is 5.87. The van der Waals surface area contributed by atoms with Crippen LogP contribution in [0.25, 0.3) is 0 Å². The van der Waals surface area contributed by atoms with E-state index in [1.54, 1.807) is 24.3 Å². The van der Waals surface area contributed by atoms with E-state index in [-0.39, 0.29) is 5.91 Å². The van der Waals surface area contributed by atoms with Crippen LogP contribution in [0.3, 0.4) is 0 Å². The van der Waals surface area contributed by atoms with Crippen molar-refractivity contribution in [2.24, 2.45) is 10.2 Å². The molecule has 1 aromatic carbocycles. The number of nitrogens with zero attached hydrogens (tertiary/aromatic N) is 2. The van der Waals surface area contributed by atoms with E-state index in [1.807, 2.05) is 18.2 Å². The van der Waals surface area contributed by atoms with Gasteiger partial charge in [0.25, 0.3) is 5.91 Å². The molecule has 19 heavy (non-hydrogen) atoms. The van der Waals surface area contributed by atoms with Crippen molar-refractivity contribution >= 4 is 34.6 Å². The molecule has 0 bridgehead atoms. The lowest BCUT2D eigenvalue weighted by atomic mass is 9.98. The third-order valence-corrected chi connectivity index (χ3v) is 3.08. The molecule has 1 aromatic rings. The van der Waals surface area contributed by atoms with Crippen molar-refractivity contribution in [2.45, 2.75) is 6.42 Å². The standard InChI is InChI=1S/C14H10ClN3O/c15-9-4-3-5-10(8-9)16-14(19)13-11-6-1-2-7-12(11)17-18-13/h1-6,8H,7H2,(H,16,19).